The van der Waals surface area contributed by atoms with Crippen LogP contribution in [0.5, 0.6) is 11.5 Å². The maximum absolute atomic E-state index is 13.2. The minimum atomic E-state index is -0.745. The highest BCUT2D eigenvalue weighted by molar-refractivity contribution is 6.46. The maximum Gasteiger partial charge on any atom is 0.295 e. The fourth-order valence-corrected chi connectivity index (χ4v) is 4.58. The van der Waals surface area contributed by atoms with Crippen molar-refractivity contribution in [2.75, 3.05) is 19.8 Å². The van der Waals surface area contributed by atoms with Gasteiger partial charge in [-0.2, -0.15) is 0 Å². The first-order valence-electron chi connectivity index (χ1n) is 12.8. The number of hydrogen-bond donors (Lipinski definition) is 2. The van der Waals surface area contributed by atoms with Gasteiger partial charge in [-0.1, -0.05) is 49.4 Å². The monoisotopic (exact) mass is 515 g/mol. The van der Waals surface area contributed by atoms with E-state index in [1.165, 1.54) is 4.90 Å². The molecule has 1 amide bonds. The van der Waals surface area contributed by atoms with Crippen molar-refractivity contribution in [3.05, 3.63) is 101 Å². The molecule has 4 rings (SSSR count). The van der Waals surface area contributed by atoms with Gasteiger partial charge in [0.05, 0.1) is 18.2 Å². The van der Waals surface area contributed by atoms with Crippen LogP contribution in [0.2, 0.25) is 0 Å². The van der Waals surface area contributed by atoms with Gasteiger partial charge in [-0.05, 0) is 60.4 Å². The predicted molar refractivity (Wildman–Crippen MR) is 145 cm³/mol. The number of aliphatic hydroxyl groups is 2. The first-order chi connectivity index (χ1) is 18.4. The SMILES string of the molecule is CCCN1C(=O)C(=O)/C(=C(/O)c2ccc(OCc3ccccc3)c(C)c2)C1c1cccc(OCCCO)c1. The van der Waals surface area contributed by atoms with Crippen LogP contribution in [-0.2, 0) is 16.2 Å². The minimum absolute atomic E-state index is 0.0197. The zero-order valence-corrected chi connectivity index (χ0v) is 21.7. The third-order valence-electron chi connectivity index (χ3n) is 6.44. The lowest BCUT2D eigenvalue weighted by atomic mass is 9.94. The van der Waals surface area contributed by atoms with Crippen molar-refractivity contribution in [3.8, 4) is 11.5 Å². The van der Waals surface area contributed by atoms with Gasteiger partial charge >= 0.3 is 0 Å². The summed E-state index contributed by atoms with van der Waals surface area (Å²) in [6, 6.07) is 21.5. The number of carbonyl (C=O) groups excluding carboxylic acids is 2. The molecule has 2 N–H and O–H groups in total. The van der Waals surface area contributed by atoms with E-state index in [1.54, 1.807) is 36.4 Å². The Morgan fingerprint density at radius 3 is 2.47 bits per heavy atom. The smallest absolute Gasteiger partial charge is 0.295 e. The van der Waals surface area contributed by atoms with Gasteiger partial charge in [0.1, 0.15) is 23.9 Å². The summed E-state index contributed by atoms with van der Waals surface area (Å²) in [6.45, 7) is 4.94. The van der Waals surface area contributed by atoms with Gasteiger partial charge in [0.15, 0.2) is 0 Å². The third kappa shape index (κ3) is 5.89. The number of ether oxygens (including phenoxy) is 2. The van der Waals surface area contributed by atoms with Crippen LogP contribution in [0.25, 0.3) is 5.76 Å². The van der Waals surface area contributed by atoms with Crippen LogP contribution in [0.3, 0.4) is 0 Å². The molecule has 1 saturated heterocycles. The summed E-state index contributed by atoms with van der Waals surface area (Å²) in [5.74, 6) is -0.342. The number of amides is 1. The van der Waals surface area contributed by atoms with Crippen LogP contribution in [-0.4, -0.2) is 46.6 Å². The van der Waals surface area contributed by atoms with Gasteiger partial charge < -0.3 is 24.6 Å². The lowest BCUT2D eigenvalue weighted by Gasteiger charge is -2.25. The number of ketones is 1. The van der Waals surface area contributed by atoms with Crippen molar-refractivity contribution in [1.29, 1.82) is 0 Å². The van der Waals surface area contributed by atoms with Gasteiger partial charge in [-0.25, -0.2) is 0 Å². The standard InChI is InChI=1S/C31H33NO6/c1-3-15-32-28(23-11-7-12-25(19-23)37-17-8-16-33)27(30(35)31(32)36)29(34)24-13-14-26(21(2)18-24)38-20-22-9-5-4-6-10-22/h4-7,9-14,18-19,28,33-34H,3,8,15-17,20H2,1-2H3/b29-27+. The summed E-state index contributed by atoms with van der Waals surface area (Å²) in [5, 5.41) is 20.4. The number of aliphatic hydroxyl groups excluding tert-OH is 2. The number of carbonyl (C=O) groups is 2. The number of aryl methyl sites for hydroxylation is 1. The van der Waals surface area contributed by atoms with Crippen LogP contribution < -0.4 is 9.47 Å². The molecule has 38 heavy (non-hydrogen) atoms. The lowest BCUT2D eigenvalue weighted by molar-refractivity contribution is -0.139. The van der Waals surface area contributed by atoms with Crippen LogP contribution in [0, 0.1) is 6.92 Å². The first-order valence-corrected chi connectivity index (χ1v) is 12.8. The molecule has 0 spiro atoms. The van der Waals surface area contributed by atoms with E-state index in [2.05, 4.69) is 0 Å². The highest BCUT2D eigenvalue weighted by Crippen LogP contribution is 2.40. The molecule has 1 aliphatic heterocycles. The molecule has 1 aliphatic rings. The second-order valence-electron chi connectivity index (χ2n) is 9.25. The molecule has 1 atom stereocenters. The van der Waals surface area contributed by atoms with Gasteiger partial charge in [0.25, 0.3) is 11.7 Å². The summed E-state index contributed by atoms with van der Waals surface area (Å²) in [7, 11) is 0. The van der Waals surface area contributed by atoms with E-state index < -0.39 is 17.7 Å². The summed E-state index contributed by atoms with van der Waals surface area (Å²) < 4.78 is 11.7. The second kappa shape index (κ2) is 12.4. The number of Topliss-reactive ketones (excluding diaryl/α,β-unsaturated/α-hetero) is 1. The molecule has 1 fully saturated rings. The quantitative estimate of drug-likeness (QED) is 0.158. The van der Waals surface area contributed by atoms with Gasteiger partial charge in [0, 0.05) is 25.1 Å². The van der Waals surface area contributed by atoms with Gasteiger partial charge in [-0.3, -0.25) is 9.59 Å². The van der Waals surface area contributed by atoms with Crippen molar-refractivity contribution in [2.24, 2.45) is 0 Å². The molecule has 198 valence electrons. The van der Waals surface area contributed by atoms with Crippen LogP contribution in [0.15, 0.2) is 78.4 Å². The molecule has 3 aromatic carbocycles. The Morgan fingerprint density at radius 1 is 0.974 bits per heavy atom. The number of rotatable bonds is 11. The van der Waals surface area contributed by atoms with Gasteiger partial charge in [0.2, 0.25) is 0 Å². The first kappa shape index (κ1) is 26.9. The average Bonchev–Trinajstić information content (AvgIpc) is 3.18. The van der Waals surface area contributed by atoms with Crippen molar-refractivity contribution >= 4 is 17.4 Å². The maximum atomic E-state index is 13.2. The van der Waals surface area contributed by atoms with Crippen LogP contribution >= 0.6 is 0 Å². The number of hydrogen-bond acceptors (Lipinski definition) is 6. The highest BCUT2D eigenvalue weighted by atomic mass is 16.5. The lowest BCUT2D eigenvalue weighted by Crippen LogP contribution is -2.30. The molecule has 0 aromatic heterocycles. The molecule has 1 heterocycles. The molecular weight excluding hydrogens is 482 g/mol. The zero-order chi connectivity index (χ0) is 27.1. The van der Waals surface area contributed by atoms with E-state index in [0.717, 1.165) is 11.1 Å². The predicted octanol–water partition coefficient (Wildman–Crippen LogP) is 5.17. The van der Waals surface area contributed by atoms with Crippen molar-refractivity contribution in [3.63, 3.8) is 0 Å². The fourth-order valence-electron chi connectivity index (χ4n) is 4.58. The van der Waals surface area contributed by atoms with Crippen LogP contribution in [0.4, 0.5) is 0 Å². The Morgan fingerprint density at radius 2 is 1.76 bits per heavy atom. The van der Waals surface area contributed by atoms with Crippen molar-refractivity contribution in [1.82, 2.24) is 4.90 Å². The molecule has 7 nitrogen and oxygen atoms in total. The fraction of sp³-hybridized carbons (Fsp3) is 0.290. The Hall–Kier alpha value is -4.10. The minimum Gasteiger partial charge on any atom is -0.507 e. The summed E-state index contributed by atoms with van der Waals surface area (Å²) in [5.41, 5.74) is 2.99. The molecule has 7 heteroatoms. The number of benzene rings is 3. The number of nitrogens with zero attached hydrogens (tertiary/aromatic N) is 1. The average molecular weight is 516 g/mol. The van der Waals surface area contributed by atoms with E-state index >= 15 is 0 Å². The molecule has 0 aliphatic carbocycles. The van der Waals surface area contributed by atoms with E-state index in [-0.39, 0.29) is 17.9 Å². The van der Waals surface area contributed by atoms with Gasteiger partial charge in [-0.15, -0.1) is 0 Å². The molecule has 1 unspecified atom stereocenters. The summed E-state index contributed by atoms with van der Waals surface area (Å²) in [4.78, 5) is 27.7. The van der Waals surface area contributed by atoms with Crippen LogP contribution in [0.1, 0.15) is 48.1 Å². The zero-order valence-electron chi connectivity index (χ0n) is 21.7. The van der Waals surface area contributed by atoms with Crippen molar-refractivity contribution < 1.29 is 29.3 Å². The normalized spacial score (nSPS) is 16.6. The summed E-state index contributed by atoms with van der Waals surface area (Å²) >= 11 is 0. The number of likely N-dealkylation sites (tertiary alicyclic amines) is 1. The molecule has 0 bridgehead atoms. The van der Waals surface area contributed by atoms with E-state index in [9.17, 15) is 14.7 Å². The topological polar surface area (TPSA) is 96.3 Å². The summed E-state index contributed by atoms with van der Waals surface area (Å²) in [6.07, 6.45) is 1.14. The molecule has 0 saturated carbocycles. The Balaban J connectivity index is 1.68. The highest BCUT2D eigenvalue weighted by Gasteiger charge is 2.45. The largest absolute Gasteiger partial charge is 0.507 e. The molecule has 3 aromatic rings. The Labute approximate surface area is 222 Å². The van der Waals surface area contributed by atoms with E-state index in [1.807, 2.05) is 50.2 Å². The molecular formula is C31H33NO6. The van der Waals surface area contributed by atoms with E-state index in [4.69, 9.17) is 14.6 Å². The Bertz CT molecular complexity index is 1320. The van der Waals surface area contributed by atoms with Crippen molar-refractivity contribution in [2.45, 2.75) is 39.3 Å². The second-order valence-corrected chi connectivity index (χ2v) is 9.25. The Kier molecular flexibility index (Phi) is 8.81. The molecule has 0 radical (unpaired) electrons. The third-order valence-corrected chi connectivity index (χ3v) is 6.44. The van der Waals surface area contributed by atoms with E-state index in [0.29, 0.717) is 55.2 Å².